The second-order valence-electron chi connectivity index (χ2n) is 3.37. The van der Waals surface area contributed by atoms with Crippen LogP contribution in [0.25, 0.3) is 0 Å². The van der Waals surface area contributed by atoms with Crippen LogP contribution < -0.4 is 11.2 Å². The van der Waals surface area contributed by atoms with Crippen molar-refractivity contribution in [2.24, 2.45) is 5.10 Å². The van der Waals surface area contributed by atoms with Crippen LogP contribution in [-0.2, 0) is 0 Å². The van der Waals surface area contributed by atoms with Crippen LogP contribution in [0.3, 0.4) is 0 Å². The van der Waals surface area contributed by atoms with Gasteiger partial charge in [0.25, 0.3) is 5.91 Å². The van der Waals surface area contributed by atoms with Crippen molar-refractivity contribution in [3.05, 3.63) is 39.5 Å². The molecule has 0 radical (unpaired) electrons. The van der Waals surface area contributed by atoms with E-state index >= 15 is 0 Å². The van der Waals surface area contributed by atoms with E-state index in [1.54, 1.807) is 18.2 Å². The number of nitrogens with two attached hydrogens (primary N) is 1. The number of nitrogens with zero attached hydrogens (tertiary/aromatic N) is 3. The molecule has 0 aliphatic carbocycles. The fraction of sp³-hybridized carbons (Fsp3) is 0. The molecule has 9 heteroatoms. The molecule has 0 spiro atoms. The molecule has 98 valence electrons. The minimum absolute atomic E-state index is 0.109. The van der Waals surface area contributed by atoms with Crippen LogP contribution in [0.4, 0.5) is 5.82 Å². The zero-order valence-electron chi connectivity index (χ0n) is 9.30. The Hall–Kier alpha value is -2.12. The van der Waals surface area contributed by atoms with Gasteiger partial charge in [-0.2, -0.15) is 5.10 Å². The van der Waals surface area contributed by atoms with E-state index in [9.17, 15) is 4.79 Å². The average molecular weight is 300 g/mol. The number of carbonyl (C=O) groups excluding carboxylic acids is 1. The van der Waals surface area contributed by atoms with Gasteiger partial charge in [0.1, 0.15) is 0 Å². The number of hydrogen-bond donors (Lipinski definition) is 2. The lowest BCUT2D eigenvalue weighted by Crippen LogP contribution is -2.19. The molecule has 2 rings (SSSR count). The van der Waals surface area contributed by atoms with Crippen LogP contribution in [0.2, 0.25) is 10.0 Å². The molecule has 7 nitrogen and oxygen atoms in total. The molecule has 1 aromatic heterocycles. The predicted molar refractivity (Wildman–Crippen MR) is 70.2 cm³/mol. The van der Waals surface area contributed by atoms with E-state index in [1.807, 2.05) is 0 Å². The van der Waals surface area contributed by atoms with E-state index in [1.165, 1.54) is 6.21 Å². The van der Waals surface area contributed by atoms with Crippen molar-refractivity contribution in [3.63, 3.8) is 0 Å². The molecule has 2 aromatic rings. The predicted octanol–water partition coefficient (Wildman–Crippen LogP) is 1.72. The Morgan fingerprint density at radius 1 is 1.37 bits per heavy atom. The van der Waals surface area contributed by atoms with Gasteiger partial charge >= 0.3 is 0 Å². The number of nitrogen functional groups attached to an aromatic ring is 1. The summed E-state index contributed by atoms with van der Waals surface area (Å²) in [6, 6.07) is 4.91. The standard InChI is InChI=1S/C10H7Cl2N5O2/c11-6-2-1-5(3-7(6)12)4-14-15-10(18)8-9(13)17-19-16-8/h1-4H,(H2,13,17)(H,15,18)/b14-4+. The molecule has 3 N–H and O–H groups in total. The lowest BCUT2D eigenvalue weighted by Gasteiger charge is -1.97. The first kappa shape index (κ1) is 13.3. The second-order valence-corrected chi connectivity index (χ2v) is 4.19. The lowest BCUT2D eigenvalue weighted by molar-refractivity contribution is 0.0946. The Morgan fingerprint density at radius 3 is 2.79 bits per heavy atom. The average Bonchev–Trinajstić information content (AvgIpc) is 2.80. The van der Waals surface area contributed by atoms with Crippen LogP contribution in [-0.4, -0.2) is 22.4 Å². The number of hydrazone groups is 1. The summed E-state index contributed by atoms with van der Waals surface area (Å²) in [5.74, 6) is -0.739. The van der Waals surface area contributed by atoms with Crippen molar-refractivity contribution >= 4 is 41.1 Å². The van der Waals surface area contributed by atoms with Gasteiger partial charge in [0, 0.05) is 0 Å². The van der Waals surface area contributed by atoms with Crippen molar-refractivity contribution in [3.8, 4) is 0 Å². The Labute approximate surface area is 117 Å². The summed E-state index contributed by atoms with van der Waals surface area (Å²) in [5.41, 5.74) is 8.10. The first-order valence-corrected chi connectivity index (χ1v) is 5.70. The molecule has 0 saturated heterocycles. The highest BCUT2D eigenvalue weighted by Crippen LogP contribution is 2.21. The van der Waals surface area contributed by atoms with Gasteiger partial charge in [-0.1, -0.05) is 29.3 Å². The molecule has 1 heterocycles. The monoisotopic (exact) mass is 299 g/mol. The normalized spacial score (nSPS) is 10.8. The third-order valence-electron chi connectivity index (χ3n) is 2.05. The minimum atomic E-state index is -0.630. The van der Waals surface area contributed by atoms with E-state index in [-0.39, 0.29) is 11.5 Å². The maximum Gasteiger partial charge on any atom is 0.297 e. The van der Waals surface area contributed by atoms with Crippen molar-refractivity contribution < 1.29 is 9.42 Å². The Bertz CT molecular complexity index is 641. The quantitative estimate of drug-likeness (QED) is 0.663. The maximum atomic E-state index is 11.5. The van der Waals surface area contributed by atoms with Crippen molar-refractivity contribution in [2.75, 3.05) is 5.73 Å². The van der Waals surface area contributed by atoms with Crippen molar-refractivity contribution in [2.45, 2.75) is 0 Å². The fourth-order valence-electron chi connectivity index (χ4n) is 1.16. The molecule has 0 bridgehead atoms. The summed E-state index contributed by atoms with van der Waals surface area (Å²) < 4.78 is 4.29. The van der Waals surface area contributed by atoms with E-state index in [0.29, 0.717) is 15.6 Å². The van der Waals surface area contributed by atoms with Crippen LogP contribution in [0, 0.1) is 0 Å². The zero-order valence-corrected chi connectivity index (χ0v) is 10.8. The SMILES string of the molecule is Nc1nonc1C(=O)N/N=C/c1ccc(Cl)c(Cl)c1. The maximum absolute atomic E-state index is 11.5. The Balaban J connectivity index is 2.02. The number of anilines is 1. The summed E-state index contributed by atoms with van der Waals surface area (Å²) in [6.07, 6.45) is 1.39. The fourth-order valence-corrected chi connectivity index (χ4v) is 1.47. The molecule has 0 atom stereocenters. The zero-order chi connectivity index (χ0) is 13.8. The largest absolute Gasteiger partial charge is 0.379 e. The summed E-state index contributed by atoms with van der Waals surface area (Å²) in [7, 11) is 0. The van der Waals surface area contributed by atoms with Crippen LogP contribution >= 0.6 is 23.2 Å². The topological polar surface area (TPSA) is 106 Å². The molecule has 1 aromatic carbocycles. The number of amides is 1. The molecule has 0 aliphatic heterocycles. The number of rotatable bonds is 3. The number of benzene rings is 1. The van der Waals surface area contributed by atoms with Crippen molar-refractivity contribution in [1.82, 2.24) is 15.7 Å². The van der Waals surface area contributed by atoms with Gasteiger partial charge in [0.2, 0.25) is 11.5 Å². The van der Waals surface area contributed by atoms with Gasteiger partial charge in [-0.25, -0.2) is 10.1 Å². The van der Waals surface area contributed by atoms with E-state index in [4.69, 9.17) is 28.9 Å². The van der Waals surface area contributed by atoms with Gasteiger partial charge in [-0.05, 0) is 28.0 Å². The summed E-state index contributed by atoms with van der Waals surface area (Å²) in [5, 5.41) is 11.1. The first-order chi connectivity index (χ1) is 9.08. The number of carbonyl (C=O) groups is 1. The number of halogens is 2. The van der Waals surface area contributed by atoms with Crippen LogP contribution in [0.5, 0.6) is 0 Å². The van der Waals surface area contributed by atoms with Crippen LogP contribution in [0.15, 0.2) is 27.9 Å². The highest BCUT2D eigenvalue weighted by Gasteiger charge is 2.14. The van der Waals surface area contributed by atoms with Crippen LogP contribution in [0.1, 0.15) is 16.1 Å². The smallest absolute Gasteiger partial charge is 0.297 e. The molecule has 0 aliphatic rings. The third-order valence-corrected chi connectivity index (χ3v) is 2.79. The van der Waals surface area contributed by atoms with Gasteiger partial charge in [-0.15, -0.1) is 0 Å². The van der Waals surface area contributed by atoms with E-state index in [0.717, 1.165) is 0 Å². The van der Waals surface area contributed by atoms with Gasteiger partial charge in [0.15, 0.2) is 0 Å². The Morgan fingerprint density at radius 2 is 2.16 bits per heavy atom. The molecule has 0 saturated carbocycles. The number of hydrogen-bond acceptors (Lipinski definition) is 6. The summed E-state index contributed by atoms with van der Waals surface area (Å²) >= 11 is 11.6. The molecular formula is C10H7Cl2N5O2. The van der Waals surface area contributed by atoms with Crippen molar-refractivity contribution in [1.29, 1.82) is 0 Å². The summed E-state index contributed by atoms with van der Waals surface area (Å²) in [6.45, 7) is 0. The summed E-state index contributed by atoms with van der Waals surface area (Å²) in [4.78, 5) is 11.5. The highest BCUT2D eigenvalue weighted by atomic mass is 35.5. The lowest BCUT2D eigenvalue weighted by atomic mass is 10.2. The third kappa shape index (κ3) is 3.21. The first-order valence-electron chi connectivity index (χ1n) is 4.94. The van der Waals surface area contributed by atoms with Gasteiger partial charge in [0.05, 0.1) is 16.3 Å². The Kier molecular flexibility index (Phi) is 3.98. The molecule has 0 unspecified atom stereocenters. The molecule has 0 fully saturated rings. The van der Waals surface area contributed by atoms with E-state index in [2.05, 4.69) is 25.5 Å². The molecule has 1 amide bonds. The highest BCUT2D eigenvalue weighted by molar-refractivity contribution is 6.42. The second kappa shape index (κ2) is 5.68. The van der Waals surface area contributed by atoms with Gasteiger partial charge < -0.3 is 5.73 Å². The molecular weight excluding hydrogens is 293 g/mol. The number of aromatic nitrogens is 2. The van der Waals surface area contributed by atoms with Gasteiger partial charge in [-0.3, -0.25) is 4.79 Å². The minimum Gasteiger partial charge on any atom is -0.379 e. The van der Waals surface area contributed by atoms with E-state index < -0.39 is 5.91 Å². The number of nitrogens with one attached hydrogen (secondary N) is 1. The molecule has 19 heavy (non-hydrogen) atoms.